The number of aryl methyl sites for hydroxylation is 2. The topological polar surface area (TPSA) is 63.9 Å². The van der Waals surface area contributed by atoms with E-state index < -0.39 is 0 Å². The van der Waals surface area contributed by atoms with E-state index in [-0.39, 0.29) is 5.91 Å². The molecule has 0 aliphatic heterocycles. The average molecular weight is 377 g/mol. The highest BCUT2D eigenvalue weighted by Crippen LogP contribution is 2.30. The minimum atomic E-state index is -0.123. The van der Waals surface area contributed by atoms with E-state index in [0.717, 1.165) is 21.6 Å². The summed E-state index contributed by atoms with van der Waals surface area (Å²) in [4.78, 5) is 24.2. The molecular formula is C20H19N5OS. The maximum absolute atomic E-state index is 13.4. The van der Waals surface area contributed by atoms with E-state index in [9.17, 15) is 4.79 Å². The summed E-state index contributed by atoms with van der Waals surface area (Å²) < 4.78 is 2.78. The third-order valence-corrected chi connectivity index (χ3v) is 5.29. The largest absolute Gasteiger partial charge is 0.278 e. The molecule has 0 saturated heterocycles. The maximum atomic E-state index is 13.4. The quantitative estimate of drug-likeness (QED) is 0.526. The molecule has 0 saturated carbocycles. The third-order valence-electron chi connectivity index (χ3n) is 4.23. The summed E-state index contributed by atoms with van der Waals surface area (Å²) in [5.74, 6) is -0.123. The van der Waals surface area contributed by atoms with Crippen molar-refractivity contribution < 1.29 is 4.79 Å². The first kappa shape index (κ1) is 17.4. The first-order valence-electron chi connectivity index (χ1n) is 8.77. The lowest BCUT2D eigenvalue weighted by molar-refractivity contribution is 0.0974. The Morgan fingerprint density at radius 2 is 2.00 bits per heavy atom. The van der Waals surface area contributed by atoms with Crippen molar-refractivity contribution >= 4 is 32.6 Å². The molecule has 0 radical (unpaired) electrons. The summed E-state index contributed by atoms with van der Waals surface area (Å²) in [6, 6.07) is 15.4. The van der Waals surface area contributed by atoms with Gasteiger partial charge in [-0.1, -0.05) is 29.5 Å². The molecule has 1 aromatic carbocycles. The Kier molecular flexibility index (Phi) is 4.68. The Balaban J connectivity index is 1.78. The zero-order chi connectivity index (χ0) is 18.8. The van der Waals surface area contributed by atoms with Gasteiger partial charge in [0.1, 0.15) is 5.69 Å². The minimum Gasteiger partial charge on any atom is -0.277 e. The second-order valence-corrected chi connectivity index (χ2v) is 7.17. The molecule has 1 amide bonds. The Morgan fingerprint density at radius 1 is 1.19 bits per heavy atom. The van der Waals surface area contributed by atoms with Crippen molar-refractivity contribution in [1.29, 1.82) is 0 Å². The summed E-state index contributed by atoms with van der Waals surface area (Å²) in [7, 11) is 0. The summed E-state index contributed by atoms with van der Waals surface area (Å²) in [6.07, 6.45) is 1.73. The maximum Gasteiger partial charge on any atom is 0.278 e. The second kappa shape index (κ2) is 7.28. The molecule has 0 aliphatic carbocycles. The van der Waals surface area contributed by atoms with Crippen molar-refractivity contribution in [1.82, 2.24) is 19.7 Å². The smallest absolute Gasteiger partial charge is 0.277 e. The number of pyridine rings is 1. The monoisotopic (exact) mass is 377 g/mol. The molecule has 0 bridgehead atoms. The molecule has 6 nitrogen and oxygen atoms in total. The second-order valence-electron chi connectivity index (χ2n) is 6.16. The number of hydrogen-bond acceptors (Lipinski definition) is 5. The van der Waals surface area contributed by atoms with Gasteiger partial charge < -0.3 is 0 Å². The first-order chi connectivity index (χ1) is 13.2. The molecule has 136 valence electrons. The molecule has 0 unspecified atom stereocenters. The van der Waals surface area contributed by atoms with Gasteiger partial charge in [-0.15, -0.1) is 0 Å². The number of carbonyl (C=O) groups is 1. The summed E-state index contributed by atoms with van der Waals surface area (Å²) >= 11 is 1.50. The van der Waals surface area contributed by atoms with Crippen LogP contribution in [0.4, 0.5) is 5.13 Å². The molecule has 3 aromatic heterocycles. The van der Waals surface area contributed by atoms with Gasteiger partial charge >= 0.3 is 0 Å². The highest BCUT2D eigenvalue weighted by atomic mass is 32.1. The van der Waals surface area contributed by atoms with Gasteiger partial charge in [-0.2, -0.15) is 5.10 Å². The number of aromatic nitrogens is 4. The van der Waals surface area contributed by atoms with Gasteiger partial charge in [0.25, 0.3) is 5.91 Å². The van der Waals surface area contributed by atoms with E-state index in [2.05, 4.69) is 15.1 Å². The number of para-hydroxylation sites is 1. The number of fused-ring (bicyclic) bond motifs is 1. The van der Waals surface area contributed by atoms with Gasteiger partial charge in [0.15, 0.2) is 5.13 Å². The Labute approximate surface area is 161 Å². The molecule has 0 aliphatic rings. The normalized spacial score (nSPS) is 11.0. The zero-order valence-corrected chi connectivity index (χ0v) is 16.0. The Morgan fingerprint density at radius 3 is 2.74 bits per heavy atom. The molecule has 4 rings (SSSR count). The number of benzene rings is 1. The highest BCUT2D eigenvalue weighted by Gasteiger charge is 2.25. The van der Waals surface area contributed by atoms with Crippen molar-refractivity contribution in [3.05, 3.63) is 71.8 Å². The van der Waals surface area contributed by atoms with Crippen molar-refractivity contribution in [3.8, 4) is 0 Å². The number of carbonyl (C=O) groups excluding carboxylic acids is 1. The van der Waals surface area contributed by atoms with Crippen molar-refractivity contribution in [2.75, 3.05) is 4.90 Å². The van der Waals surface area contributed by atoms with Crippen LogP contribution in [0.3, 0.4) is 0 Å². The molecule has 0 fully saturated rings. The van der Waals surface area contributed by atoms with Gasteiger partial charge in [-0.3, -0.25) is 19.4 Å². The van der Waals surface area contributed by atoms with E-state index in [4.69, 9.17) is 0 Å². The lowest BCUT2D eigenvalue weighted by Crippen LogP contribution is -2.32. The molecule has 0 spiro atoms. The molecular weight excluding hydrogens is 358 g/mol. The van der Waals surface area contributed by atoms with Crippen molar-refractivity contribution in [3.63, 3.8) is 0 Å². The molecule has 27 heavy (non-hydrogen) atoms. The van der Waals surface area contributed by atoms with E-state index in [1.807, 2.05) is 62.4 Å². The average Bonchev–Trinajstić information content (AvgIpc) is 3.29. The van der Waals surface area contributed by atoms with Crippen LogP contribution in [0.25, 0.3) is 10.2 Å². The fourth-order valence-electron chi connectivity index (χ4n) is 2.95. The number of amides is 1. The van der Waals surface area contributed by atoms with Crippen LogP contribution >= 0.6 is 11.3 Å². The highest BCUT2D eigenvalue weighted by molar-refractivity contribution is 7.22. The van der Waals surface area contributed by atoms with E-state index in [1.165, 1.54) is 11.3 Å². The van der Waals surface area contributed by atoms with Crippen LogP contribution in [0.5, 0.6) is 0 Å². The summed E-state index contributed by atoms with van der Waals surface area (Å²) in [5.41, 5.74) is 3.08. The number of thiazole rings is 1. The van der Waals surface area contributed by atoms with Crippen molar-refractivity contribution in [2.45, 2.75) is 26.9 Å². The zero-order valence-electron chi connectivity index (χ0n) is 15.2. The summed E-state index contributed by atoms with van der Waals surface area (Å²) in [6.45, 7) is 4.85. The third kappa shape index (κ3) is 3.46. The molecule has 0 N–H and O–H groups in total. The predicted molar refractivity (Wildman–Crippen MR) is 107 cm³/mol. The van der Waals surface area contributed by atoms with E-state index in [0.29, 0.717) is 23.9 Å². The Bertz CT molecular complexity index is 1050. The standard InChI is InChI=1S/C20H19N5OS/c1-3-25-17(12-14(2)23-25)19(26)24(13-15-8-6-7-11-21-15)20-22-16-9-4-5-10-18(16)27-20/h4-12H,3,13H2,1-2H3. The van der Waals surface area contributed by atoms with Crippen LogP contribution in [0.1, 0.15) is 28.8 Å². The van der Waals surface area contributed by atoms with Gasteiger partial charge in [0.2, 0.25) is 0 Å². The van der Waals surface area contributed by atoms with Crippen LogP contribution in [-0.4, -0.2) is 25.7 Å². The lowest BCUT2D eigenvalue weighted by Gasteiger charge is -2.19. The van der Waals surface area contributed by atoms with Gasteiger partial charge in [0, 0.05) is 12.7 Å². The van der Waals surface area contributed by atoms with Gasteiger partial charge in [-0.05, 0) is 44.2 Å². The van der Waals surface area contributed by atoms with Gasteiger partial charge in [0.05, 0.1) is 28.1 Å². The van der Waals surface area contributed by atoms with Crippen LogP contribution < -0.4 is 4.90 Å². The number of rotatable bonds is 5. The van der Waals surface area contributed by atoms with E-state index >= 15 is 0 Å². The molecule has 4 aromatic rings. The first-order valence-corrected chi connectivity index (χ1v) is 9.59. The SMILES string of the molecule is CCn1nc(C)cc1C(=O)N(Cc1ccccn1)c1nc2ccccc2s1. The molecule has 3 heterocycles. The fourth-order valence-corrected chi connectivity index (χ4v) is 3.92. The van der Waals surface area contributed by atoms with Gasteiger partial charge in [-0.25, -0.2) is 4.98 Å². The molecule has 0 atom stereocenters. The van der Waals surface area contributed by atoms with E-state index in [1.54, 1.807) is 15.8 Å². The van der Waals surface area contributed by atoms with Crippen LogP contribution in [-0.2, 0) is 13.1 Å². The van der Waals surface area contributed by atoms with Crippen LogP contribution in [0, 0.1) is 6.92 Å². The van der Waals surface area contributed by atoms with Crippen LogP contribution in [0.15, 0.2) is 54.7 Å². The van der Waals surface area contributed by atoms with Crippen LogP contribution in [0.2, 0.25) is 0 Å². The molecule has 7 heteroatoms. The Hall–Kier alpha value is -3.06. The lowest BCUT2D eigenvalue weighted by atomic mass is 10.3. The number of nitrogens with zero attached hydrogens (tertiary/aromatic N) is 5. The minimum absolute atomic E-state index is 0.123. The fraction of sp³-hybridized carbons (Fsp3) is 0.200. The summed E-state index contributed by atoms with van der Waals surface area (Å²) in [5, 5.41) is 5.07. The predicted octanol–water partition coefficient (Wildman–Crippen LogP) is 4.06. The number of anilines is 1. The van der Waals surface area contributed by atoms with Crippen molar-refractivity contribution in [2.24, 2.45) is 0 Å². The number of hydrogen-bond donors (Lipinski definition) is 0.